The van der Waals surface area contributed by atoms with E-state index >= 15 is 0 Å². The van der Waals surface area contributed by atoms with Crippen molar-refractivity contribution in [3.63, 3.8) is 0 Å². The SMILES string of the molecule is SNc1ccc(-c2ccc3nc4c5ccc6c7[nH]c8cc9ccccc9nc8nc-7c7ccc(c-4[nH]c3n2)c5c76)cc1. The average Bonchev–Trinajstić information content (AvgIpc) is 3.52. The summed E-state index contributed by atoms with van der Waals surface area (Å²) in [7, 11) is 0. The van der Waals surface area contributed by atoms with Crippen molar-refractivity contribution in [2.45, 2.75) is 0 Å². The maximum Gasteiger partial charge on any atom is 0.177 e. The number of nitrogens with one attached hydrogen (secondary N) is 3. The molecule has 0 fully saturated rings. The van der Waals surface area contributed by atoms with Crippen LogP contribution in [0.25, 0.3) is 99.6 Å². The number of fused-ring (bicyclic) bond motifs is 9. The fourth-order valence-electron chi connectivity index (χ4n) is 6.59. The van der Waals surface area contributed by atoms with Crippen LogP contribution in [0.15, 0.2) is 91.0 Å². The Kier molecular flexibility index (Phi) is 4.15. The first-order valence-corrected chi connectivity index (χ1v) is 14.2. The van der Waals surface area contributed by atoms with E-state index < -0.39 is 0 Å². The van der Waals surface area contributed by atoms with Crippen molar-refractivity contribution in [2.24, 2.45) is 0 Å². The topological polar surface area (TPSA) is 95.2 Å². The predicted molar refractivity (Wildman–Crippen MR) is 174 cm³/mol. The lowest BCUT2D eigenvalue weighted by molar-refractivity contribution is 1.24. The number of rotatable bonds is 2. The minimum atomic E-state index is 0.718. The zero-order chi connectivity index (χ0) is 27.5. The molecular formula is C34H19N7S. The lowest BCUT2D eigenvalue weighted by atomic mass is 10.0. The van der Waals surface area contributed by atoms with E-state index in [4.69, 9.17) is 19.9 Å². The third kappa shape index (κ3) is 2.86. The van der Waals surface area contributed by atoms with E-state index in [9.17, 15) is 0 Å². The van der Waals surface area contributed by atoms with Crippen LogP contribution in [0.2, 0.25) is 0 Å². The highest BCUT2D eigenvalue weighted by Crippen LogP contribution is 2.49. The molecule has 2 aromatic heterocycles. The van der Waals surface area contributed by atoms with Crippen LogP contribution in [0.3, 0.4) is 0 Å². The molecule has 3 N–H and O–H groups in total. The highest BCUT2D eigenvalue weighted by Gasteiger charge is 2.26. The maximum atomic E-state index is 5.12. The number of hydrogen-bond acceptors (Lipinski definition) is 6. The first-order valence-electron chi connectivity index (χ1n) is 13.7. The largest absolute Gasteiger partial charge is 0.350 e. The number of pyridine rings is 2. The molecule has 2 aliphatic carbocycles. The lowest BCUT2D eigenvalue weighted by Gasteiger charge is -2.08. The monoisotopic (exact) mass is 557 g/mol. The number of aromatic nitrogens is 6. The number of hydrogen-bond donors (Lipinski definition) is 4. The van der Waals surface area contributed by atoms with Gasteiger partial charge in [-0.15, -0.1) is 0 Å². The molecule has 0 radical (unpaired) electrons. The maximum absolute atomic E-state index is 5.12. The standard InChI is InChI=1S/C34H19N7S/c42-41-18-7-5-16(6-8-18)24-13-14-25-33(38-24)39-31-21-11-12-22-28-20(10-9-19(27(21)28)29(31)35-25)30-32(22)40-34-26(36-30)15-17-3-1-2-4-23(17)37-34/h1-15,36,41-42H,(H,38,39). The Morgan fingerprint density at radius 1 is 0.595 bits per heavy atom. The lowest BCUT2D eigenvalue weighted by Crippen LogP contribution is -1.94. The summed E-state index contributed by atoms with van der Waals surface area (Å²) < 4.78 is 2.86. The zero-order valence-electron chi connectivity index (χ0n) is 21.9. The molecular weight excluding hydrogens is 538 g/mol. The van der Waals surface area contributed by atoms with Crippen molar-refractivity contribution in [2.75, 3.05) is 4.72 Å². The molecule has 0 spiro atoms. The van der Waals surface area contributed by atoms with Crippen molar-refractivity contribution < 1.29 is 0 Å². The normalized spacial score (nSPS) is 12.4. The second-order valence-electron chi connectivity index (χ2n) is 10.8. The van der Waals surface area contributed by atoms with Gasteiger partial charge in [-0.05, 0) is 36.4 Å². The summed E-state index contributed by atoms with van der Waals surface area (Å²) in [6, 6.07) is 31.1. The van der Waals surface area contributed by atoms with Gasteiger partial charge in [0.05, 0.1) is 39.5 Å². The van der Waals surface area contributed by atoms with Gasteiger partial charge in [-0.25, -0.2) is 19.9 Å². The molecule has 0 saturated heterocycles. The summed E-state index contributed by atoms with van der Waals surface area (Å²) in [5.41, 5.74) is 10.9. The number of aromatic amines is 2. The number of thiol groups is 1. The van der Waals surface area contributed by atoms with E-state index in [1.807, 2.05) is 54.6 Å². The Balaban J connectivity index is 1.25. The van der Waals surface area contributed by atoms with Gasteiger partial charge < -0.3 is 14.7 Å². The predicted octanol–water partition coefficient (Wildman–Crippen LogP) is 8.41. The summed E-state index contributed by atoms with van der Waals surface area (Å²) in [6.07, 6.45) is 0. The number of benzene rings is 4. The van der Waals surface area contributed by atoms with Crippen LogP contribution < -0.4 is 4.72 Å². The summed E-state index contributed by atoms with van der Waals surface area (Å²) in [5, 5.41) is 8.01. The Hall–Kier alpha value is -5.47. The van der Waals surface area contributed by atoms with Crippen LogP contribution in [0.4, 0.5) is 5.69 Å². The van der Waals surface area contributed by atoms with Crippen molar-refractivity contribution in [1.82, 2.24) is 29.9 Å². The van der Waals surface area contributed by atoms with E-state index in [0.717, 1.165) is 94.5 Å². The number of para-hydroxylation sites is 1. The van der Waals surface area contributed by atoms with E-state index in [-0.39, 0.29) is 0 Å². The van der Waals surface area contributed by atoms with Crippen molar-refractivity contribution >= 4 is 84.1 Å². The minimum Gasteiger partial charge on any atom is -0.350 e. The highest BCUT2D eigenvalue weighted by molar-refractivity contribution is 7.81. The smallest absolute Gasteiger partial charge is 0.177 e. The van der Waals surface area contributed by atoms with Gasteiger partial charge >= 0.3 is 0 Å². The van der Waals surface area contributed by atoms with Gasteiger partial charge in [0.15, 0.2) is 11.3 Å². The summed E-state index contributed by atoms with van der Waals surface area (Å²) in [4.78, 5) is 27.3. The Morgan fingerprint density at radius 3 is 2.10 bits per heavy atom. The molecule has 10 rings (SSSR count). The van der Waals surface area contributed by atoms with Gasteiger partial charge in [0.2, 0.25) is 0 Å². The molecule has 6 aromatic rings. The van der Waals surface area contributed by atoms with Crippen LogP contribution in [-0.2, 0) is 0 Å². The molecule has 4 heterocycles. The number of anilines is 1. The molecule has 4 aromatic carbocycles. The van der Waals surface area contributed by atoms with Gasteiger partial charge in [-0.3, -0.25) is 0 Å². The van der Waals surface area contributed by atoms with Crippen molar-refractivity contribution in [3.8, 4) is 34.0 Å². The average molecular weight is 558 g/mol. The first-order chi connectivity index (χ1) is 20.7. The highest BCUT2D eigenvalue weighted by atomic mass is 32.1. The molecule has 0 bridgehead atoms. The van der Waals surface area contributed by atoms with E-state index in [1.165, 1.54) is 10.8 Å². The van der Waals surface area contributed by atoms with E-state index in [2.05, 4.69) is 63.9 Å². The van der Waals surface area contributed by atoms with Gasteiger partial charge in [0, 0.05) is 49.0 Å². The van der Waals surface area contributed by atoms with Crippen molar-refractivity contribution in [1.29, 1.82) is 0 Å². The van der Waals surface area contributed by atoms with Gasteiger partial charge in [-0.2, -0.15) is 0 Å². The van der Waals surface area contributed by atoms with E-state index in [0.29, 0.717) is 0 Å². The molecule has 0 amide bonds. The molecule has 0 atom stereocenters. The second-order valence-corrected chi connectivity index (χ2v) is 11.0. The molecule has 2 aliphatic heterocycles. The van der Waals surface area contributed by atoms with Gasteiger partial charge in [0.1, 0.15) is 5.52 Å². The van der Waals surface area contributed by atoms with Gasteiger partial charge in [-0.1, -0.05) is 67.4 Å². The number of nitrogens with zero attached hydrogens (tertiary/aromatic N) is 4. The van der Waals surface area contributed by atoms with Crippen molar-refractivity contribution in [3.05, 3.63) is 91.0 Å². The molecule has 42 heavy (non-hydrogen) atoms. The summed E-state index contributed by atoms with van der Waals surface area (Å²) >= 11 is 4.13. The molecule has 8 heteroatoms. The van der Waals surface area contributed by atoms with Crippen LogP contribution in [-0.4, -0.2) is 29.9 Å². The summed E-state index contributed by atoms with van der Waals surface area (Å²) in [5.74, 6) is 0. The first kappa shape index (κ1) is 22.2. The number of H-pyrrole nitrogens is 2. The molecule has 4 aliphatic rings. The fourth-order valence-corrected chi connectivity index (χ4v) is 6.74. The fraction of sp³-hybridized carbons (Fsp3) is 0. The van der Waals surface area contributed by atoms with Crippen LogP contribution in [0.1, 0.15) is 0 Å². The molecule has 0 unspecified atom stereocenters. The molecule has 196 valence electrons. The third-order valence-corrected chi connectivity index (χ3v) is 8.78. The van der Waals surface area contributed by atoms with E-state index in [1.54, 1.807) is 0 Å². The van der Waals surface area contributed by atoms with Crippen LogP contribution in [0.5, 0.6) is 0 Å². The Morgan fingerprint density at radius 2 is 1.31 bits per heavy atom. The summed E-state index contributed by atoms with van der Waals surface area (Å²) in [6.45, 7) is 0. The molecule has 0 saturated carbocycles. The molecule has 7 nitrogen and oxygen atoms in total. The van der Waals surface area contributed by atoms with Gasteiger partial charge in [0.25, 0.3) is 0 Å². The Bertz CT molecular complexity index is 2540. The van der Waals surface area contributed by atoms with Crippen LogP contribution in [0, 0.1) is 0 Å². The quantitative estimate of drug-likeness (QED) is 0.126. The Labute approximate surface area is 243 Å². The second kappa shape index (κ2) is 7.84. The third-order valence-electron chi connectivity index (χ3n) is 8.52. The minimum absolute atomic E-state index is 0.718. The zero-order valence-corrected chi connectivity index (χ0v) is 22.8. The van der Waals surface area contributed by atoms with Crippen LogP contribution >= 0.6 is 12.8 Å².